The second-order valence-electron chi connectivity index (χ2n) is 7.15. The molecule has 1 aliphatic rings. The number of ether oxygens (including phenoxy) is 2. The summed E-state index contributed by atoms with van der Waals surface area (Å²) in [4.78, 5) is 17.2. The number of alkyl halides is 3. The number of rotatable bonds is 5. The standard InChI is InChI=1S/C22H18ClF3N2O4/c23-14-3-8-19-13(10-14)11-18(20(29)27-12-17-2-1-9-30-17)21(31-19)28-15-4-6-16(7-5-15)32-22(24,25)26/h3-8,10-11,17H,1-2,9,12H2,(H,27,29)/t17-/m0/s1. The van der Waals surface area contributed by atoms with Gasteiger partial charge in [-0.1, -0.05) is 11.6 Å². The van der Waals surface area contributed by atoms with Crippen LogP contribution in [0, 0.1) is 0 Å². The van der Waals surface area contributed by atoms with E-state index in [1.807, 2.05) is 0 Å². The molecular formula is C22H18ClF3N2O4. The van der Waals surface area contributed by atoms with E-state index in [0.29, 0.717) is 29.1 Å². The Hall–Kier alpha value is -3.04. The fourth-order valence-electron chi connectivity index (χ4n) is 3.29. The quantitative estimate of drug-likeness (QED) is 0.566. The highest BCUT2D eigenvalue weighted by Crippen LogP contribution is 2.25. The maximum Gasteiger partial charge on any atom is 0.573 e. The first-order valence-corrected chi connectivity index (χ1v) is 10.2. The largest absolute Gasteiger partial charge is 0.573 e. The Balaban J connectivity index is 1.68. The number of carbonyl (C=O) groups is 1. The van der Waals surface area contributed by atoms with Crippen LogP contribution in [0.4, 0.5) is 18.9 Å². The number of carbonyl (C=O) groups excluding carboxylic acids is 1. The Morgan fingerprint density at radius 1 is 1.19 bits per heavy atom. The SMILES string of the molecule is O=C(NC[C@@H]1CCCO1)c1cc2cc(Cl)ccc2oc1=Nc1ccc(OC(F)(F)F)cc1. The maximum atomic E-state index is 12.9. The van der Waals surface area contributed by atoms with Crippen molar-refractivity contribution in [1.29, 1.82) is 0 Å². The van der Waals surface area contributed by atoms with Gasteiger partial charge in [-0.05, 0) is 61.4 Å². The highest BCUT2D eigenvalue weighted by molar-refractivity contribution is 6.31. The molecule has 0 radical (unpaired) electrons. The van der Waals surface area contributed by atoms with Crippen molar-refractivity contribution >= 4 is 34.2 Å². The fourth-order valence-corrected chi connectivity index (χ4v) is 3.47. The third-order valence-corrected chi connectivity index (χ3v) is 5.00. The van der Waals surface area contributed by atoms with Gasteiger partial charge in [0, 0.05) is 23.6 Å². The third-order valence-electron chi connectivity index (χ3n) is 4.77. The summed E-state index contributed by atoms with van der Waals surface area (Å²) in [5.41, 5.74) is 0.896. The van der Waals surface area contributed by atoms with Crippen molar-refractivity contribution < 1.29 is 31.9 Å². The van der Waals surface area contributed by atoms with Gasteiger partial charge in [-0.15, -0.1) is 13.2 Å². The Morgan fingerprint density at radius 2 is 1.97 bits per heavy atom. The molecule has 1 saturated heterocycles. The van der Waals surface area contributed by atoms with E-state index < -0.39 is 12.3 Å². The van der Waals surface area contributed by atoms with Crippen LogP contribution in [-0.4, -0.2) is 31.5 Å². The Labute approximate surface area is 185 Å². The number of nitrogens with zero attached hydrogens (tertiary/aromatic N) is 1. The molecule has 168 valence electrons. The minimum absolute atomic E-state index is 0.00847. The van der Waals surface area contributed by atoms with Gasteiger partial charge in [0.25, 0.3) is 5.91 Å². The molecule has 4 rings (SSSR count). The van der Waals surface area contributed by atoms with Crippen molar-refractivity contribution in [1.82, 2.24) is 5.32 Å². The van der Waals surface area contributed by atoms with E-state index in [2.05, 4.69) is 15.0 Å². The monoisotopic (exact) mass is 466 g/mol. The second-order valence-corrected chi connectivity index (χ2v) is 7.58. The normalized spacial score (nSPS) is 17.0. The molecule has 3 aromatic rings. The lowest BCUT2D eigenvalue weighted by Crippen LogP contribution is -2.34. The molecule has 0 bridgehead atoms. The molecule has 1 atom stereocenters. The van der Waals surface area contributed by atoms with E-state index >= 15 is 0 Å². The summed E-state index contributed by atoms with van der Waals surface area (Å²) in [6.45, 7) is 1.01. The van der Waals surface area contributed by atoms with Crippen molar-refractivity contribution in [2.45, 2.75) is 25.3 Å². The smallest absolute Gasteiger partial charge is 0.438 e. The summed E-state index contributed by atoms with van der Waals surface area (Å²) in [6.07, 6.45) is -3.03. The summed E-state index contributed by atoms with van der Waals surface area (Å²) in [6, 6.07) is 11.5. The van der Waals surface area contributed by atoms with Gasteiger partial charge in [0.2, 0.25) is 5.55 Å². The number of hydrogen-bond acceptors (Lipinski definition) is 5. The predicted molar refractivity (Wildman–Crippen MR) is 111 cm³/mol. The first-order valence-electron chi connectivity index (χ1n) is 9.80. The van der Waals surface area contributed by atoms with Crippen molar-refractivity contribution in [3.8, 4) is 5.75 Å². The molecule has 1 N–H and O–H groups in total. The molecule has 6 nitrogen and oxygen atoms in total. The maximum absolute atomic E-state index is 12.9. The molecule has 0 spiro atoms. The fraction of sp³-hybridized carbons (Fsp3) is 0.273. The van der Waals surface area contributed by atoms with Crippen LogP contribution >= 0.6 is 11.6 Å². The second kappa shape index (κ2) is 9.22. The van der Waals surface area contributed by atoms with Gasteiger partial charge in [-0.25, -0.2) is 4.99 Å². The summed E-state index contributed by atoms with van der Waals surface area (Å²) in [5, 5.41) is 3.90. The van der Waals surface area contributed by atoms with Crippen molar-refractivity contribution in [2.75, 3.05) is 13.2 Å². The zero-order chi connectivity index (χ0) is 22.7. The zero-order valence-electron chi connectivity index (χ0n) is 16.6. The van der Waals surface area contributed by atoms with Crippen LogP contribution in [0.15, 0.2) is 57.9 Å². The summed E-state index contributed by atoms with van der Waals surface area (Å²) >= 11 is 6.05. The summed E-state index contributed by atoms with van der Waals surface area (Å²) in [5.74, 6) is -0.794. The minimum Gasteiger partial charge on any atom is -0.438 e. The topological polar surface area (TPSA) is 73.1 Å². The zero-order valence-corrected chi connectivity index (χ0v) is 17.4. The van der Waals surface area contributed by atoms with Gasteiger partial charge in [-0.2, -0.15) is 0 Å². The molecule has 0 saturated carbocycles. The molecular weight excluding hydrogens is 449 g/mol. The first kappa shape index (κ1) is 22.2. The Morgan fingerprint density at radius 3 is 2.66 bits per heavy atom. The van der Waals surface area contributed by atoms with Crippen molar-refractivity contribution in [3.63, 3.8) is 0 Å². The number of benzene rings is 2. The number of fused-ring (bicyclic) bond motifs is 1. The Kier molecular flexibility index (Phi) is 6.38. The number of amides is 1. The number of hydrogen-bond donors (Lipinski definition) is 1. The molecule has 1 amide bonds. The van der Waals surface area contributed by atoms with Crippen molar-refractivity contribution in [2.24, 2.45) is 4.99 Å². The van der Waals surface area contributed by atoms with Crippen LogP contribution in [0.1, 0.15) is 23.2 Å². The molecule has 2 aromatic carbocycles. The van der Waals surface area contributed by atoms with Gasteiger partial charge >= 0.3 is 6.36 Å². The molecule has 1 aliphatic heterocycles. The average molecular weight is 467 g/mol. The van der Waals surface area contributed by atoms with Crippen LogP contribution in [0.3, 0.4) is 0 Å². The van der Waals surface area contributed by atoms with E-state index in [1.165, 1.54) is 12.1 Å². The molecule has 32 heavy (non-hydrogen) atoms. The van der Waals surface area contributed by atoms with E-state index in [0.717, 1.165) is 25.0 Å². The lowest BCUT2D eigenvalue weighted by molar-refractivity contribution is -0.274. The highest BCUT2D eigenvalue weighted by Gasteiger charge is 2.31. The summed E-state index contributed by atoms with van der Waals surface area (Å²) in [7, 11) is 0. The molecule has 2 heterocycles. The van der Waals surface area contributed by atoms with Gasteiger partial charge in [0.15, 0.2) is 0 Å². The van der Waals surface area contributed by atoms with Crippen LogP contribution in [-0.2, 0) is 4.74 Å². The van der Waals surface area contributed by atoms with Crippen LogP contribution in [0.2, 0.25) is 5.02 Å². The predicted octanol–water partition coefficient (Wildman–Crippen LogP) is 5.13. The lowest BCUT2D eigenvalue weighted by Gasteiger charge is -2.11. The molecule has 10 heteroatoms. The number of halogens is 4. The van der Waals surface area contributed by atoms with E-state index in [-0.39, 0.29) is 28.7 Å². The van der Waals surface area contributed by atoms with E-state index in [4.69, 9.17) is 20.8 Å². The van der Waals surface area contributed by atoms with Crippen LogP contribution in [0.25, 0.3) is 11.0 Å². The van der Waals surface area contributed by atoms with Crippen LogP contribution < -0.4 is 15.6 Å². The van der Waals surface area contributed by atoms with Gasteiger partial charge in [-0.3, -0.25) is 4.79 Å². The molecule has 1 fully saturated rings. The Bertz CT molecular complexity index is 1190. The summed E-state index contributed by atoms with van der Waals surface area (Å²) < 4.78 is 52.3. The van der Waals surface area contributed by atoms with Gasteiger partial charge < -0.3 is 19.2 Å². The number of nitrogens with one attached hydrogen (secondary N) is 1. The lowest BCUT2D eigenvalue weighted by atomic mass is 10.1. The minimum atomic E-state index is -4.79. The molecule has 1 aromatic heterocycles. The average Bonchev–Trinajstić information content (AvgIpc) is 3.26. The van der Waals surface area contributed by atoms with Crippen molar-refractivity contribution in [3.05, 3.63) is 64.7 Å². The highest BCUT2D eigenvalue weighted by atomic mass is 35.5. The van der Waals surface area contributed by atoms with Gasteiger partial charge in [0.1, 0.15) is 16.9 Å². The van der Waals surface area contributed by atoms with Gasteiger partial charge in [0.05, 0.1) is 11.8 Å². The van der Waals surface area contributed by atoms with E-state index in [1.54, 1.807) is 24.3 Å². The first-order chi connectivity index (χ1) is 15.3. The van der Waals surface area contributed by atoms with E-state index in [9.17, 15) is 18.0 Å². The van der Waals surface area contributed by atoms with Crippen LogP contribution in [0.5, 0.6) is 5.75 Å². The third kappa shape index (κ3) is 5.60. The molecule has 0 aliphatic carbocycles. The molecule has 0 unspecified atom stereocenters.